The van der Waals surface area contributed by atoms with E-state index >= 15 is 0 Å². The van der Waals surface area contributed by atoms with Gasteiger partial charge in [0.2, 0.25) is 0 Å². The third-order valence-corrected chi connectivity index (χ3v) is 3.49. The Kier molecular flexibility index (Phi) is 4.04. The number of aromatic amines is 1. The molecule has 0 amide bonds. The van der Waals surface area contributed by atoms with Crippen molar-refractivity contribution in [1.29, 1.82) is 0 Å². The maximum Gasteiger partial charge on any atom is 0.304 e. The fraction of sp³-hybridized carbons (Fsp3) is 0.286. The Balaban J connectivity index is 2.48. The number of nitrogens with zero attached hydrogens (tertiary/aromatic N) is 1. The van der Waals surface area contributed by atoms with Crippen molar-refractivity contribution < 1.29 is 9.90 Å². The summed E-state index contributed by atoms with van der Waals surface area (Å²) in [6.45, 7) is 3.99. The number of carbonyl (C=O) groups is 1. The number of aromatic nitrogens is 2. The van der Waals surface area contributed by atoms with Crippen LogP contribution in [0.25, 0.3) is 0 Å². The molecule has 19 heavy (non-hydrogen) atoms. The van der Waals surface area contributed by atoms with Gasteiger partial charge in [-0.05, 0) is 40.9 Å². The Labute approximate surface area is 120 Å². The summed E-state index contributed by atoms with van der Waals surface area (Å²) in [5.41, 5.74) is 3.19. The van der Waals surface area contributed by atoms with Gasteiger partial charge < -0.3 is 10.1 Å². The van der Waals surface area contributed by atoms with E-state index in [2.05, 4.69) is 25.9 Å². The van der Waals surface area contributed by atoms with Crippen LogP contribution in [0.4, 0.5) is 0 Å². The molecule has 1 heterocycles. The van der Waals surface area contributed by atoms with E-state index < -0.39 is 5.97 Å². The first-order valence-corrected chi connectivity index (χ1v) is 6.76. The van der Waals surface area contributed by atoms with Crippen molar-refractivity contribution in [2.45, 2.75) is 26.2 Å². The molecule has 0 fully saturated rings. The number of carboxylic acids is 1. The molecule has 1 aromatic carbocycles. The molecular formula is C14H15BrN2O2. The molecule has 2 N–H and O–H groups in total. The van der Waals surface area contributed by atoms with Crippen molar-refractivity contribution in [2.75, 3.05) is 0 Å². The summed E-state index contributed by atoms with van der Waals surface area (Å²) in [5, 5.41) is 9.12. The number of H-pyrrole nitrogens is 1. The SMILES string of the molecule is Cc1ccc(C)c(C(CC(=O)O)c2ncc(Br)[nH]2)c1. The molecule has 0 bridgehead atoms. The zero-order valence-electron chi connectivity index (χ0n) is 10.8. The Morgan fingerprint density at radius 3 is 2.79 bits per heavy atom. The van der Waals surface area contributed by atoms with Crippen LogP contribution < -0.4 is 0 Å². The van der Waals surface area contributed by atoms with E-state index in [0.29, 0.717) is 5.82 Å². The lowest BCUT2D eigenvalue weighted by Crippen LogP contribution is -2.11. The van der Waals surface area contributed by atoms with Gasteiger partial charge in [-0.1, -0.05) is 23.8 Å². The van der Waals surface area contributed by atoms with E-state index in [4.69, 9.17) is 5.11 Å². The number of carboxylic acid groups (broad SMARTS) is 1. The molecule has 0 aliphatic rings. The predicted octanol–water partition coefficient (Wildman–Crippen LogP) is 3.40. The van der Waals surface area contributed by atoms with Crippen molar-refractivity contribution in [2.24, 2.45) is 0 Å². The zero-order valence-corrected chi connectivity index (χ0v) is 12.4. The van der Waals surface area contributed by atoms with Crippen molar-refractivity contribution in [3.63, 3.8) is 0 Å². The number of nitrogens with one attached hydrogen (secondary N) is 1. The minimum atomic E-state index is -0.835. The van der Waals surface area contributed by atoms with E-state index in [-0.39, 0.29) is 12.3 Å². The van der Waals surface area contributed by atoms with E-state index in [1.54, 1.807) is 6.20 Å². The molecule has 2 rings (SSSR count). The lowest BCUT2D eigenvalue weighted by molar-refractivity contribution is -0.137. The molecule has 2 aromatic rings. The van der Waals surface area contributed by atoms with E-state index in [9.17, 15) is 4.79 Å². The van der Waals surface area contributed by atoms with E-state index in [0.717, 1.165) is 21.3 Å². The molecular weight excluding hydrogens is 308 g/mol. The summed E-state index contributed by atoms with van der Waals surface area (Å²) in [4.78, 5) is 18.4. The summed E-state index contributed by atoms with van der Waals surface area (Å²) in [5.74, 6) is -0.426. The van der Waals surface area contributed by atoms with Gasteiger partial charge in [-0.25, -0.2) is 4.98 Å². The lowest BCUT2D eigenvalue weighted by atomic mass is 9.90. The smallest absolute Gasteiger partial charge is 0.304 e. The molecule has 0 radical (unpaired) electrons. The number of imidazole rings is 1. The zero-order chi connectivity index (χ0) is 14.0. The quantitative estimate of drug-likeness (QED) is 0.906. The first-order valence-electron chi connectivity index (χ1n) is 5.96. The van der Waals surface area contributed by atoms with Gasteiger partial charge in [-0.2, -0.15) is 0 Å². The second-order valence-electron chi connectivity index (χ2n) is 4.63. The standard InChI is InChI=1S/C14H15BrN2O2/c1-8-3-4-9(2)10(5-8)11(6-13(18)19)14-16-7-12(15)17-14/h3-5,7,11H,6H2,1-2H3,(H,16,17)(H,18,19). The van der Waals surface area contributed by atoms with Crippen LogP contribution in [0.5, 0.6) is 0 Å². The van der Waals surface area contributed by atoms with Gasteiger partial charge in [0.1, 0.15) is 10.4 Å². The second-order valence-corrected chi connectivity index (χ2v) is 5.48. The van der Waals surface area contributed by atoms with E-state index in [1.807, 2.05) is 32.0 Å². The van der Waals surface area contributed by atoms with Gasteiger partial charge in [0.05, 0.1) is 18.5 Å². The maximum atomic E-state index is 11.1. The summed E-state index contributed by atoms with van der Waals surface area (Å²) in [6, 6.07) is 6.06. The molecule has 0 aliphatic heterocycles. The number of aryl methyl sites for hydroxylation is 2. The van der Waals surface area contributed by atoms with Crippen molar-refractivity contribution in [3.05, 3.63) is 51.5 Å². The van der Waals surface area contributed by atoms with Crippen LogP contribution in [-0.4, -0.2) is 21.0 Å². The molecule has 0 saturated carbocycles. The minimum absolute atomic E-state index is 0.0181. The second kappa shape index (κ2) is 5.57. The highest BCUT2D eigenvalue weighted by atomic mass is 79.9. The average Bonchev–Trinajstić information content (AvgIpc) is 2.76. The van der Waals surface area contributed by atoms with Crippen LogP contribution in [0.15, 0.2) is 29.0 Å². The van der Waals surface area contributed by atoms with Crippen LogP contribution in [-0.2, 0) is 4.79 Å². The van der Waals surface area contributed by atoms with Crippen LogP contribution in [0.2, 0.25) is 0 Å². The van der Waals surface area contributed by atoms with E-state index in [1.165, 1.54) is 0 Å². The van der Waals surface area contributed by atoms with Crippen LogP contribution in [0, 0.1) is 13.8 Å². The highest BCUT2D eigenvalue weighted by Crippen LogP contribution is 2.30. The molecule has 0 saturated heterocycles. The largest absolute Gasteiger partial charge is 0.481 e. The van der Waals surface area contributed by atoms with Crippen molar-refractivity contribution in [3.8, 4) is 0 Å². The Hall–Kier alpha value is -1.62. The van der Waals surface area contributed by atoms with Gasteiger partial charge in [0.15, 0.2) is 0 Å². The molecule has 4 nitrogen and oxygen atoms in total. The fourth-order valence-corrected chi connectivity index (χ4v) is 2.46. The monoisotopic (exact) mass is 322 g/mol. The summed E-state index contributed by atoms with van der Waals surface area (Å²) in [7, 11) is 0. The first kappa shape index (κ1) is 13.8. The highest BCUT2D eigenvalue weighted by Gasteiger charge is 2.22. The summed E-state index contributed by atoms with van der Waals surface area (Å²) < 4.78 is 0.753. The third kappa shape index (κ3) is 3.23. The molecule has 0 spiro atoms. The van der Waals surface area contributed by atoms with Gasteiger partial charge in [-0.15, -0.1) is 0 Å². The van der Waals surface area contributed by atoms with Crippen LogP contribution in [0.3, 0.4) is 0 Å². The number of benzene rings is 1. The number of aliphatic carboxylic acids is 1. The molecule has 1 atom stereocenters. The normalized spacial score (nSPS) is 12.4. The number of halogens is 1. The predicted molar refractivity (Wildman–Crippen MR) is 76.3 cm³/mol. The topological polar surface area (TPSA) is 66.0 Å². The number of hydrogen-bond acceptors (Lipinski definition) is 2. The molecule has 1 unspecified atom stereocenters. The van der Waals surface area contributed by atoms with Gasteiger partial charge >= 0.3 is 5.97 Å². The van der Waals surface area contributed by atoms with Crippen LogP contribution >= 0.6 is 15.9 Å². The molecule has 100 valence electrons. The Morgan fingerprint density at radius 2 is 2.21 bits per heavy atom. The van der Waals surface area contributed by atoms with Crippen molar-refractivity contribution in [1.82, 2.24) is 9.97 Å². The number of hydrogen-bond donors (Lipinski definition) is 2. The summed E-state index contributed by atoms with van der Waals surface area (Å²) in [6.07, 6.45) is 1.67. The Morgan fingerprint density at radius 1 is 1.47 bits per heavy atom. The van der Waals surface area contributed by atoms with Gasteiger partial charge in [0.25, 0.3) is 0 Å². The highest BCUT2D eigenvalue weighted by molar-refractivity contribution is 9.10. The average molecular weight is 323 g/mol. The minimum Gasteiger partial charge on any atom is -0.481 e. The number of rotatable bonds is 4. The van der Waals surface area contributed by atoms with Crippen LogP contribution in [0.1, 0.15) is 34.9 Å². The maximum absolute atomic E-state index is 11.1. The Bertz CT molecular complexity index is 607. The summed E-state index contributed by atoms with van der Waals surface area (Å²) >= 11 is 3.31. The molecule has 0 aliphatic carbocycles. The van der Waals surface area contributed by atoms with Gasteiger partial charge in [0, 0.05) is 0 Å². The lowest BCUT2D eigenvalue weighted by Gasteiger charge is -2.16. The third-order valence-electron chi connectivity index (χ3n) is 3.08. The molecule has 5 heteroatoms. The van der Waals surface area contributed by atoms with Crippen molar-refractivity contribution >= 4 is 21.9 Å². The fourth-order valence-electron chi connectivity index (χ4n) is 2.15. The first-order chi connectivity index (χ1) is 8.97. The molecule has 1 aromatic heterocycles. The van der Waals surface area contributed by atoms with Gasteiger partial charge in [-0.3, -0.25) is 4.79 Å².